The molecule has 28 heavy (non-hydrogen) atoms. The highest BCUT2D eigenvalue weighted by molar-refractivity contribution is 6.42. The normalized spacial score (nSPS) is 18.4. The third kappa shape index (κ3) is 3.11. The Kier molecular flexibility index (Phi) is 4.75. The molecule has 1 aliphatic rings. The van der Waals surface area contributed by atoms with Gasteiger partial charge in [-0.25, -0.2) is 0 Å². The maximum absolute atomic E-state index is 13.2. The summed E-state index contributed by atoms with van der Waals surface area (Å²) in [4.78, 5) is 27.1. The van der Waals surface area contributed by atoms with Crippen LogP contribution in [0.15, 0.2) is 65.3 Å². The van der Waals surface area contributed by atoms with E-state index in [1.807, 2.05) is 0 Å². The summed E-state index contributed by atoms with van der Waals surface area (Å²) in [5.74, 6) is -0.923. The molecule has 1 aromatic heterocycles. The van der Waals surface area contributed by atoms with Gasteiger partial charge in [0.15, 0.2) is 11.4 Å². The maximum Gasteiger partial charge on any atom is 0.264 e. The Balaban J connectivity index is 1.69. The first-order valence-electron chi connectivity index (χ1n) is 8.54. The molecule has 0 fully saturated rings. The molecule has 0 spiro atoms. The highest BCUT2D eigenvalue weighted by Gasteiger charge is 2.51. The molecule has 3 aromatic rings. The number of anilines is 1. The Morgan fingerprint density at radius 1 is 1.07 bits per heavy atom. The first-order chi connectivity index (χ1) is 13.4. The van der Waals surface area contributed by atoms with Crippen LogP contribution in [0.2, 0.25) is 10.0 Å². The van der Waals surface area contributed by atoms with Crippen molar-refractivity contribution in [1.29, 1.82) is 0 Å². The van der Waals surface area contributed by atoms with E-state index in [1.54, 1.807) is 48.5 Å². The van der Waals surface area contributed by atoms with Gasteiger partial charge in [0.05, 0.1) is 35.0 Å². The second kappa shape index (κ2) is 7.09. The Morgan fingerprint density at radius 3 is 2.57 bits per heavy atom. The summed E-state index contributed by atoms with van der Waals surface area (Å²) < 4.78 is 5.11. The lowest BCUT2D eigenvalue weighted by molar-refractivity contribution is -0.136. The Bertz CT molecular complexity index is 1060. The molecule has 7 heteroatoms. The fourth-order valence-electron chi connectivity index (χ4n) is 3.41. The van der Waals surface area contributed by atoms with Crippen LogP contribution in [0, 0.1) is 0 Å². The zero-order valence-electron chi connectivity index (χ0n) is 14.6. The quantitative estimate of drug-likeness (QED) is 0.618. The number of aliphatic hydroxyl groups is 1. The molecule has 1 amide bonds. The Labute approximate surface area is 171 Å². The molecule has 5 nitrogen and oxygen atoms in total. The van der Waals surface area contributed by atoms with Crippen molar-refractivity contribution in [3.63, 3.8) is 0 Å². The van der Waals surface area contributed by atoms with Crippen molar-refractivity contribution < 1.29 is 19.1 Å². The molecule has 2 aromatic carbocycles. The lowest BCUT2D eigenvalue weighted by Gasteiger charge is -2.22. The van der Waals surface area contributed by atoms with Crippen LogP contribution >= 0.6 is 23.2 Å². The van der Waals surface area contributed by atoms with Crippen molar-refractivity contribution in [1.82, 2.24) is 0 Å². The predicted octanol–water partition coefficient (Wildman–Crippen LogP) is 4.59. The lowest BCUT2D eigenvalue weighted by Crippen LogP contribution is -2.41. The van der Waals surface area contributed by atoms with Gasteiger partial charge in [-0.05, 0) is 35.9 Å². The van der Waals surface area contributed by atoms with Crippen molar-refractivity contribution in [3.05, 3.63) is 87.8 Å². The molecular formula is C21H15Cl2NO4. The number of amides is 1. The van der Waals surface area contributed by atoms with Crippen LogP contribution in [0.3, 0.4) is 0 Å². The molecule has 0 unspecified atom stereocenters. The first-order valence-corrected chi connectivity index (χ1v) is 9.30. The highest BCUT2D eigenvalue weighted by atomic mass is 35.5. The number of carbonyl (C=O) groups is 2. The fourth-order valence-corrected chi connectivity index (χ4v) is 3.73. The average molecular weight is 416 g/mol. The van der Waals surface area contributed by atoms with E-state index < -0.39 is 23.7 Å². The second-order valence-corrected chi connectivity index (χ2v) is 7.41. The Morgan fingerprint density at radius 2 is 1.86 bits per heavy atom. The van der Waals surface area contributed by atoms with E-state index in [9.17, 15) is 14.7 Å². The maximum atomic E-state index is 13.2. The topological polar surface area (TPSA) is 70.8 Å². The van der Waals surface area contributed by atoms with Gasteiger partial charge < -0.3 is 14.4 Å². The zero-order valence-corrected chi connectivity index (χ0v) is 16.1. The zero-order chi connectivity index (χ0) is 19.9. The number of benzene rings is 2. The van der Waals surface area contributed by atoms with E-state index in [0.29, 0.717) is 21.3 Å². The number of ketones is 1. The highest BCUT2D eigenvalue weighted by Crippen LogP contribution is 2.43. The van der Waals surface area contributed by atoms with E-state index in [1.165, 1.54) is 17.2 Å². The number of carbonyl (C=O) groups excluding carboxylic acids is 2. The number of hydrogen-bond acceptors (Lipinski definition) is 4. The molecule has 1 aliphatic heterocycles. The van der Waals surface area contributed by atoms with E-state index >= 15 is 0 Å². The van der Waals surface area contributed by atoms with Crippen molar-refractivity contribution in [2.45, 2.75) is 18.6 Å². The number of furan rings is 1. The standard InChI is InChI=1S/C21H15Cl2NO4/c22-15-8-7-13(10-16(15)23)12-24-17-5-2-1-4-14(17)21(27,20(24)26)11-18(25)19-6-3-9-28-19/h1-10,27H,11-12H2/t21-/m1/s1. The van der Waals surface area contributed by atoms with Gasteiger partial charge in [-0.2, -0.15) is 0 Å². The van der Waals surface area contributed by atoms with E-state index in [-0.39, 0.29) is 12.3 Å². The van der Waals surface area contributed by atoms with Gasteiger partial charge in [-0.3, -0.25) is 9.59 Å². The van der Waals surface area contributed by atoms with Gasteiger partial charge in [0.2, 0.25) is 5.78 Å². The number of fused-ring (bicyclic) bond motifs is 1. The van der Waals surface area contributed by atoms with Gasteiger partial charge in [-0.1, -0.05) is 47.5 Å². The van der Waals surface area contributed by atoms with Crippen LogP contribution in [-0.4, -0.2) is 16.8 Å². The van der Waals surface area contributed by atoms with Crippen LogP contribution in [-0.2, 0) is 16.9 Å². The van der Waals surface area contributed by atoms with Gasteiger partial charge in [-0.15, -0.1) is 0 Å². The predicted molar refractivity (Wildman–Crippen MR) is 106 cm³/mol. The number of halogens is 2. The van der Waals surface area contributed by atoms with Crippen molar-refractivity contribution in [3.8, 4) is 0 Å². The number of para-hydroxylation sites is 1. The largest absolute Gasteiger partial charge is 0.461 e. The summed E-state index contributed by atoms with van der Waals surface area (Å²) >= 11 is 12.0. The molecule has 0 aliphatic carbocycles. The number of Topliss-reactive ketones (excluding diaryl/α,β-unsaturated/α-hetero) is 1. The molecule has 4 rings (SSSR count). The monoisotopic (exact) mass is 415 g/mol. The molecule has 1 N–H and O–H groups in total. The number of hydrogen-bond donors (Lipinski definition) is 1. The molecule has 0 bridgehead atoms. The molecule has 0 radical (unpaired) electrons. The minimum Gasteiger partial charge on any atom is -0.461 e. The first kappa shape index (κ1) is 18.7. The molecule has 1 atom stereocenters. The molecule has 0 saturated heterocycles. The van der Waals surface area contributed by atoms with Crippen LogP contribution in [0.1, 0.15) is 28.1 Å². The molecule has 142 valence electrons. The summed E-state index contributed by atoms with van der Waals surface area (Å²) in [5.41, 5.74) is -0.274. The van der Waals surface area contributed by atoms with Crippen LogP contribution in [0.4, 0.5) is 5.69 Å². The van der Waals surface area contributed by atoms with Crippen molar-refractivity contribution in [2.24, 2.45) is 0 Å². The fraction of sp³-hybridized carbons (Fsp3) is 0.143. The van der Waals surface area contributed by atoms with Gasteiger partial charge in [0, 0.05) is 5.56 Å². The van der Waals surface area contributed by atoms with Crippen molar-refractivity contribution in [2.75, 3.05) is 4.90 Å². The van der Waals surface area contributed by atoms with E-state index in [2.05, 4.69) is 0 Å². The van der Waals surface area contributed by atoms with E-state index in [4.69, 9.17) is 27.6 Å². The molecular weight excluding hydrogens is 401 g/mol. The van der Waals surface area contributed by atoms with Crippen LogP contribution in [0.5, 0.6) is 0 Å². The van der Waals surface area contributed by atoms with Gasteiger partial charge in [0.1, 0.15) is 0 Å². The summed E-state index contributed by atoms with van der Waals surface area (Å²) in [6, 6.07) is 15.0. The summed E-state index contributed by atoms with van der Waals surface area (Å²) in [5, 5.41) is 12.0. The molecule has 0 saturated carbocycles. The third-order valence-corrected chi connectivity index (χ3v) is 5.52. The molecule has 2 heterocycles. The minimum absolute atomic E-state index is 0.0987. The lowest BCUT2D eigenvalue weighted by atomic mass is 9.89. The average Bonchev–Trinajstić information content (AvgIpc) is 3.28. The third-order valence-electron chi connectivity index (χ3n) is 4.78. The number of nitrogens with zero attached hydrogens (tertiary/aromatic N) is 1. The number of rotatable bonds is 5. The van der Waals surface area contributed by atoms with Crippen LogP contribution in [0.25, 0.3) is 0 Å². The van der Waals surface area contributed by atoms with E-state index in [0.717, 1.165) is 5.56 Å². The van der Waals surface area contributed by atoms with Crippen molar-refractivity contribution >= 4 is 40.6 Å². The SMILES string of the molecule is O=C(C[C@]1(O)C(=O)N(Cc2ccc(Cl)c(Cl)c2)c2ccccc21)c1ccco1. The summed E-state index contributed by atoms with van der Waals surface area (Å²) in [7, 11) is 0. The van der Waals surface area contributed by atoms with Gasteiger partial charge in [0.25, 0.3) is 5.91 Å². The Hall–Kier alpha value is -2.60. The minimum atomic E-state index is -1.96. The van der Waals surface area contributed by atoms with Crippen LogP contribution < -0.4 is 4.90 Å². The summed E-state index contributed by atoms with van der Waals surface area (Å²) in [6.07, 6.45) is 0.965. The smallest absolute Gasteiger partial charge is 0.264 e. The summed E-state index contributed by atoms with van der Waals surface area (Å²) in [6.45, 7) is 0.185. The van der Waals surface area contributed by atoms with Gasteiger partial charge >= 0.3 is 0 Å². The second-order valence-electron chi connectivity index (χ2n) is 6.59.